The predicted octanol–water partition coefficient (Wildman–Crippen LogP) is 3.40. The van der Waals surface area contributed by atoms with Gasteiger partial charge in [0.2, 0.25) is 0 Å². The minimum atomic E-state index is 0.668. The van der Waals surface area contributed by atoms with E-state index in [2.05, 4.69) is 11.9 Å². The highest BCUT2D eigenvalue weighted by Gasteiger charge is 1.98. The van der Waals surface area contributed by atoms with Gasteiger partial charge < -0.3 is 10.5 Å². The molecule has 0 atom stereocenters. The lowest BCUT2D eigenvalue weighted by Crippen LogP contribution is -2.00. The molecule has 3 heteroatoms. The Balaban J connectivity index is 2.05. The summed E-state index contributed by atoms with van der Waals surface area (Å²) in [5.41, 5.74) is 6.40. The highest BCUT2D eigenvalue weighted by molar-refractivity contribution is 5.49. The van der Waals surface area contributed by atoms with Crippen LogP contribution in [0.15, 0.2) is 18.5 Å². The first-order valence-electron chi connectivity index (χ1n) is 6.17. The van der Waals surface area contributed by atoms with Gasteiger partial charge in [0, 0.05) is 6.20 Å². The van der Waals surface area contributed by atoms with Crippen LogP contribution in [0.5, 0.6) is 5.75 Å². The molecule has 1 rings (SSSR count). The second-order valence-electron chi connectivity index (χ2n) is 4.03. The van der Waals surface area contributed by atoms with Gasteiger partial charge >= 0.3 is 0 Å². The Morgan fingerprint density at radius 3 is 2.69 bits per heavy atom. The van der Waals surface area contributed by atoms with Crippen LogP contribution in [0.1, 0.15) is 45.4 Å². The van der Waals surface area contributed by atoms with E-state index in [-0.39, 0.29) is 0 Å². The number of pyridine rings is 1. The lowest BCUT2D eigenvalue weighted by atomic mass is 10.1. The van der Waals surface area contributed by atoms with Gasteiger partial charge in [-0.1, -0.05) is 39.0 Å². The van der Waals surface area contributed by atoms with Gasteiger partial charge in [0.15, 0.2) is 5.75 Å². The lowest BCUT2D eigenvalue weighted by Gasteiger charge is -2.07. The number of rotatable bonds is 8. The third kappa shape index (κ3) is 5.01. The van der Waals surface area contributed by atoms with Crippen molar-refractivity contribution in [2.45, 2.75) is 45.4 Å². The van der Waals surface area contributed by atoms with Crippen LogP contribution >= 0.6 is 0 Å². The van der Waals surface area contributed by atoms with Crippen LogP contribution in [0, 0.1) is 0 Å². The summed E-state index contributed by atoms with van der Waals surface area (Å²) in [5.74, 6) is 0.705. The maximum atomic E-state index is 5.74. The average molecular weight is 222 g/mol. The van der Waals surface area contributed by atoms with E-state index >= 15 is 0 Å². The summed E-state index contributed by atoms with van der Waals surface area (Å²) in [6, 6.07) is 1.76. The van der Waals surface area contributed by atoms with Gasteiger partial charge in [0.25, 0.3) is 0 Å². The minimum absolute atomic E-state index is 0.668. The van der Waals surface area contributed by atoms with Gasteiger partial charge in [-0.15, -0.1) is 0 Å². The summed E-state index contributed by atoms with van der Waals surface area (Å²) in [7, 11) is 0. The van der Waals surface area contributed by atoms with Crippen molar-refractivity contribution in [3.05, 3.63) is 18.5 Å². The van der Waals surface area contributed by atoms with E-state index in [4.69, 9.17) is 10.5 Å². The molecular formula is C13H22N2O. The second-order valence-corrected chi connectivity index (χ2v) is 4.03. The first kappa shape index (κ1) is 12.8. The molecule has 0 unspecified atom stereocenters. The summed E-state index contributed by atoms with van der Waals surface area (Å²) < 4.78 is 5.56. The number of nitrogens with zero attached hydrogens (tertiary/aromatic N) is 1. The highest BCUT2D eigenvalue weighted by atomic mass is 16.5. The van der Waals surface area contributed by atoms with Gasteiger partial charge in [-0.05, 0) is 12.5 Å². The molecule has 2 N–H and O–H groups in total. The van der Waals surface area contributed by atoms with Gasteiger partial charge in [0.05, 0.1) is 18.5 Å². The van der Waals surface area contributed by atoms with Crippen LogP contribution in [0.4, 0.5) is 5.69 Å². The van der Waals surface area contributed by atoms with E-state index in [1.807, 2.05) is 0 Å². The molecule has 0 aliphatic rings. The zero-order valence-corrected chi connectivity index (χ0v) is 10.1. The lowest BCUT2D eigenvalue weighted by molar-refractivity contribution is 0.305. The molecule has 0 radical (unpaired) electrons. The Labute approximate surface area is 98.0 Å². The van der Waals surface area contributed by atoms with E-state index in [9.17, 15) is 0 Å². The van der Waals surface area contributed by atoms with Crippen molar-refractivity contribution in [1.82, 2.24) is 4.98 Å². The molecule has 3 nitrogen and oxygen atoms in total. The first-order chi connectivity index (χ1) is 7.84. The topological polar surface area (TPSA) is 48.1 Å². The summed E-state index contributed by atoms with van der Waals surface area (Å²) >= 11 is 0. The van der Waals surface area contributed by atoms with Crippen molar-refractivity contribution in [3.63, 3.8) is 0 Å². The number of anilines is 1. The fraction of sp³-hybridized carbons (Fsp3) is 0.615. The van der Waals surface area contributed by atoms with E-state index < -0.39 is 0 Å². The zero-order valence-electron chi connectivity index (χ0n) is 10.1. The second kappa shape index (κ2) is 7.97. The van der Waals surface area contributed by atoms with E-state index in [0.29, 0.717) is 11.4 Å². The van der Waals surface area contributed by atoms with Crippen molar-refractivity contribution in [1.29, 1.82) is 0 Å². The van der Waals surface area contributed by atoms with Gasteiger partial charge in [-0.25, -0.2) is 0 Å². The van der Waals surface area contributed by atoms with E-state index in [1.165, 1.54) is 32.1 Å². The molecule has 0 saturated carbocycles. The van der Waals surface area contributed by atoms with Crippen molar-refractivity contribution in [3.8, 4) is 5.75 Å². The number of ether oxygens (including phenoxy) is 1. The number of hydrogen-bond donors (Lipinski definition) is 1. The van der Waals surface area contributed by atoms with Crippen LogP contribution in [0.2, 0.25) is 0 Å². The Morgan fingerprint density at radius 1 is 1.19 bits per heavy atom. The molecule has 0 aliphatic carbocycles. The standard InChI is InChI=1S/C13H22N2O/c1-2-3-4-5-6-7-10-16-13-11-15-9-8-12(13)14/h8-9,11H,2-7,10H2,1H3,(H2,14,15). The summed E-state index contributed by atoms with van der Waals surface area (Å²) in [6.07, 6.45) is 11.0. The van der Waals surface area contributed by atoms with Crippen LogP contribution < -0.4 is 10.5 Å². The van der Waals surface area contributed by atoms with Gasteiger partial charge in [-0.2, -0.15) is 0 Å². The van der Waals surface area contributed by atoms with Crippen LogP contribution in [0.3, 0.4) is 0 Å². The third-order valence-corrected chi connectivity index (χ3v) is 2.57. The zero-order chi connectivity index (χ0) is 11.6. The Bertz CT molecular complexity index is 289. The fourth-order valence-corrected chi connectivity index (χ4v) is 1.58. The van der Waals surface area contributed by atoms with Crippen LogP contribution in [-0.4, -0.2) is 11.6 Å². The molecule has 1 heterocycles. The molecular weight excluding hydrogens is 200 g/mol. The minimum Gasteiger partial charge on any atom is -0.490 e. The molecule has 0 saturated heterocycles. The summed E-state index contributed by atoms with van der Waals surface area (Å²) in [5, 5.41) is 0. The van der Waals surface area contributed by atoms with Gasteiger partial charge in [-0.3, -0.25) is 4.98 Å². The third-order valence-electron chi connectivity index (χ3n) is 2.57. The van der Waals surface area contributed by atoms with E-state index in [0.717, 1.165) is 13.0 Å². The Morgan fingerprint density at radius 2 is 1.94 bits per heavy atom. The summed E-state index contributed by atoms with van der Waals surface area (Å²) in [4.78, 5) is 3.98. The molecule has 0 aliphatic heterocycles. The molecule has 0 aromatic carbocycles. The number of hydrogen-bond acceptors (Lipinski definition) is 3. The Hall–Kier alpha value is -1.25. The quantitative estimate of drug-likeness (QED) is 0.686. The molecule has 1 aromatic heterocycles. The van der Waals surface area contributed by atoms with Crippen molar-refractivity contribution < 1.29 is 4.74 Å². The average Bonchev–Trinajstić information content (AvgIpc) is 2.30. The highest BCUT2D eigenvalue weighted by Crippen LogP contribution is 2.18. The van der Waals surface area contributed by atoms with E-state index in [1.54, 1.807) is 18.5 Å². The van der Waals surface area contributed by atoms with Crippen molar-refractivity contribution in [2.75, 3.05) is 12.3 Å². The van der Waals surface area contributed by atoms with Crippen LogP contribution in [-0.2, 0) is 0 Å². The Kier molecular flexibility index (Phi) is 6.38. The maximum absolute atomic E-state index is 5.74. The fourth-order valence-electron chi connectivity index (χ4n) is 1.58. The molecule has 0 fully saturated rings. The van der Waals surface area contributed by atoms with Gasteiger partial charge in [0.1, 0.15) is 0 Å². The molecule has 1 aromatic rings. The predicted molar refractivity (Wildman–Crippen MR) is 67.5 cm³/mol. The van der Waals surface area contributed by atoms with Crippen molar-refractivity contribution >= 4 is 5.69 Å². The molecule has 16 heavy (non-hydrogen) atoms. The monoisotopic (exact) mass is 222 g/mol. The molecule has 0 bridgehead atoms. The molecule has 0 spiro atoms. The smallest absolute Gasteiger partial charge is 0.160 e. The maximum Gasteiger partial charge on any atom is 0.160 e. The number of unbranched alkanes of at least 4 members (excludes halogenated alkanes) is 5. The summed E-state index contributed by atoms with van der Waals surface area (Å²) in [6.45, 7) is 2.97. The SMILES string of the molecule is CCCCCCCCOc1cnccc1N. The number of nitrogens with two attached hydrogens (primary N) is 1. The molecule has 0 amide bonds. The normalized spacial score (nSPS) is 10.3. The number of aromatic nitrogens is 1. The molecule has 90 valence electrons. The largest absolute Gasteiger partial charge is 0.490 e. The number of nitrogen functional groups attached to an aromatic ring is 1. The first-order valence-corrected chi connectivity index (χ1v) is 6.17. The van der Waals surface area contributed by atoms with Crippen LogP contribution in [0.25, 0.3) is 0 Å². The van der Waals surface area contributed by atoms with Crippen molar-refractivity contribution in [2.24, 2.45) is 0 Å².